The molecule has 2 N–H and O–H groups in total. The van der Waals surface area contributed by atoms with Gasteiger partial charge in [-0.25, -0.2) is 9.59 Å². The molecule has 2 aromatic rings. The maximum atomic E-state index is 11.9. The molecular formula is C20H22N2O5. The van der Waals surface area contributed by atoms with Gasteiger partial charge in [-0.3, -0.25) is 4.79 Å². The second-order valence-corrected chi connectivity index (χ2v) is 6.00. The first kappa shape index (κ1) is 20.0. The molecule has 2 aromatic carbocycles. The number of benzene rings is 2. The zero-order valence-corrected chi connectivity index (χ0v) is 15.1. The van der Waals surface area contributed by atoms with Crippen molar-refractivity contribution in [2.45, 2.75) is 13.0 Å². The van der Waals surface area contributed by atoms with Gasteiger partial charge in [0.05, 0.1) is 5.56 Å². The summed E-state index contributed by atoms with van der Waals surface area (Å²) in [6, 6.07) is 15.8. The number of nitrogens with zero attached hydrogens (tertiary/aromatic N) is 1. The fourth-order valence-corrected chi connectivity index (χ4v) is 2.37. The van der Waals surface area contributed by atoms with Gasteiger partial charge < -0.3 is 20.1 Å². The third-order valence-corrected chi connectivity index (χ3v) is 3.81. The molecule has 142 valence electrons. The van der Waals surface area contributed by atoms with Crippen LogP contribution >= 0.6 is 0 Å². The highest BCUT2D eigenvalue weighted by molar-refractivity contribution is 5.87. The van der Waals surface area contributed by atoms with Crippen LogP contribution in [0.15, 0.2) is 54.6 Å². The predicted octanol–water partition coefficient (Wildman–Crippen LogP) is 2.31. The van der Waals surface area contributed by atoms with Crippen molar-refractivity contribution in [2.24, 2.45) is 0 Å². The van der Waals surface area contributed by atoms with Crippen molar-refractivity contribution in [3.05, 3.63) is 71.3 Å². The molecule has 7 nitrogen and oxygen atoms in total. The number of carbonyl (C=O) groups is 3. The highest BCUT2D eigenvalue weighted by atomic mass is 16.6. The maximum Gasteiger partial charge on any atom is 0.410 e. The number of likely N-dealkylation sites (N-methyl/N-ethyl adjacent to an activating group) is 1. The van der Waals surface area contributed by atoms with E-state index in [0.29, 0.717) is 13.0 Å². The molecule has 0 aliphatic carbocycles. The van der Waals surface area contributed by atoms with Gasteiger partial charge in [-0.05, 0) is 29.7 Å². The fraction of sp³-hybridized carbons (Fsp3) is 0.250. The highest BCUT2D eigenvalue weighted by Gasteiger charge is 2.14. The van der Waals surface area contributed by atoms with Crippen LogP contribution in [0.25, 0.3) is 0 Å². The van der Waals surface area contributed by atoms with Gasteiger partial charge in [0.15, 0.2) is 0 Å². The smallest absolute Gasteiger partial charge is 0.410 e. The first-order valence-electron chi connectivity index (χ1n) is 8.46. The summed E-state index contributed by atoms with van der Waals surface area (Å²) in [6.45, 7) is 0.364. The fourth-order valence-electron chi connectivity index (χ4n) is 2.37. The zero-order valence-electron chi connectivity index (χ0n) is 15.1. The van der Waals surface area contributed by atoms with E-state index in [0.717, 1.165) is 11.1 Å². The van der Waals surface area contributed by atoms with Gasteiger partial charge in [0.25, 0.3) is 0 Å². The normalized spacial score (nSPS) is 10.1. The molecule has 2 amide bonds. The summed E-state index contributed by atoms with van der Waals surface area (Å²) in [5.74, 6) is -1.31. The van der Waals surface area contributed by atoms with Crippen LogP contribution in [0.1, 0.15) is 21.5 Å². The number of rotatable bonds is 8. The second kappa shape index (κ2) is 9.96. The Morgan fingerprint density at radius 3 is 2.44 bits per heavy atom. The van der Waals surface area contributed by atoms with Crippen molar-refractivity contribution in [3.63, 3.8) is 0 Å². The molecule has 7 heteroatoms. The molecule has 2 rings (SSSR count). The van der Waals surface area contributed by atoms with Crippen LogP contribution in [0.2, 0.25) is 0 Å². The van der Waals surface area contributed by atoms with E-state index in [9.17, 15) is 14.4 Å². The summed E-state index contributed by atoms with van der Waals surface area (Å²) in [4.78, 5) is 36.0. The predicted molar refractivity (Wildman–Crippen MR) is 99.4 cm³/mol. The number of hydrogen-bond donors (Lipinski definition) is 2. The topological polar surface area (TPSA) is 95.9 Å². The lowest BCUT2D eigenvalue weighted by Crippen LogP contribution is -2.39. The Morgan fingerprint density at radius 1 is 1.04 bits per heavy atom. The zero-order chi connectivity index (χ0) is 19.6. The van der Waals surface area contributed by atoms with Crippen molar-refractivity contribution < 1.29 is 24.2 Å². The first-order valence-corrected chi connectivity index (χ1v) is 8.46. The molecule has 0 unspecified atom stereocenters. The Labute approximate surface area is 157 Å². The summed E-state index contributed by atoms with van der Waals surface area (Å²) in [7, 11) is 1.49. The Morgan fingerprint density at radius 2 is 1.74 bits per heavy atom. The van der Waals surface area contributed by atoms with Crippen LogP contribution in [-0.4, -0.2) is 48.1 Å². The first-order chi connectivity index (χ1) is 13.0. The van der Waals surface area contributed by atoms with Gasteiger partial charge in [-0.1, -0.05) is 42.5 Å². The third-order valence-electron chi connectivity index (χ3n) is 3.81. The van der Waals surface area contributed by atoms with E-state index in [1.54, 1.807) is 18.2 Å². The summed E-state index contributed by atoms with van der Waals surface area (Å²) in [5, 5.41) is 11.7. The lowest BCUT2D eigenvalue weighted by atomic mass is 10.1. The molecule has 27 heavy (non-hydrogen) atoms. The minimum atomic E-state index is -0.989. The van der Waals surface area contributed by atoms with Gasteiger partial charge in [0.2, 0.25) is 5.91 Å². The molecule has 0 atom stereocenters. The van der Waals surface area contributed by atoms with Gasteiger partial charge in [0, 0.05) is 13.6 Å². The monoisotopic (exact) mass is 370 g/mol. The molecule has 0 radical (unpaired) electrons. The molecule has 0 spiro atoms. The summed E-state index contributed by atoms with van der Waals surface area (Å²) >= 11 is 0. The average Bonchev–Trinajstić information content (AvgIpc) is 2.67. The molecule has 0 aromatic heterocycles. The van der Waals surface area contributed by atoms with E-state index in [1.807, 2.05) is 30.3 Å². The number of nitrogens with one attached hydrogen (secondary N) is 1. The van der Waals surface area contributed by atoms with E-state index < -0.39 is 12.1 Å². The van der Waals surface area contributed by atoms with Crippen molar-refractivity contribution in [2.75, 3.05) is 20.1 Å². The second-order valence-electron chi connectivity index (χ2n) is 6.00. The van der Waals surface area contributed by atoms with Gasteiger partial charge in [0.1, 0.15) is 13.2 Å². The van der Waals surface area contributed by atoms with Gasteiger partial charge >= 0.3 is 12.1 Å². The number of carbonyl (C=O) groups excluding carboxylic acids is 2. The Hall–Kier alpha value is -3.35. The molecule has 0 heterocycles. The number of carboxylic acids is 1. The van der Waals surface area contributed by atoms with Gasteiger partial charge in [-0.2, -0.15) is 0 Å². The minimum Gasteiger partial charge on any atom is -0.478 e. The average molecular weight is 370 g/mol. The third kappa shape index (κ3) is 6.81. The Kier molecular flexibility index (Phi) is 7.37. The lowest BCUT2D eigenvalue weighted by molar-refractivity contribution is -0.121. The molecule has 0 saturated carbocycles. The largest absolute Gasteiger partial charge is 0.478 e. The highest BCUT2D eigenvalue weighted by Crippen LogP contribution is 2.06. The maximum absolute atomic E-state index is 11.9. The number of amides is 2. The summed E-state index contributed by atoms with van der Waals surface area (Å²) in [6.07, 6.45) is -0.0853. The summed E-state index contributed by atoms with van der Waals surface area (Å²) in [5.41, 5.74) is 1.89. The van der Waals surface area contributed by atoms with Crippen LogP contribution < -0.4 is 5.32 Å². The molecular weight excluding hydrogens is 348 g/mol. The molecule has 0 aliphatic rings. The number of aromatic carboxylic acids is 1. The van der Waals surface area contributed by atoms with E-state index in [2.05, 4.69) is 5.32 Å². The van der Waals surface area contributed by atoms with Crippen molar-refractivity contribution in [1.29, 1.82) is 0 Å². The van der Waals surface area contributed by atoms with Crippen LogP contribution in [0, 0.1) is 0 Å². The van der Waals surface area contributed by atoms with Crippen molar-refractivity contribution >= 4 is 18.0 Å². The van der Waals surface area contributed by atoms with E-state index in [1.165, 1.54) is 18.0 Å². The minimum absolute atomic E-state index is 0.122. The van der Waals surface area contributed by atoms with E-state index in [-0.39, 0.29) is 24.6 Å². The van der Waals surface area contributed by atoms with Crippen LogP contribution in [0.4, 0.5) is 4.79 Å². The number of carboxylic acid groups (broad SMARTS) is 1. The quantitative estimate of drug-likeness (QED) is 0.743. The van der Waals surface area contributed by atoms with Crippen LogP contribution in [-0.2, 0) is 22.6 Å². The van der Waals surface area contributed by atoms with E-state index in [4.69, 9.17) is 9.84 Å². The number of ether oxygens (including phenoxy) is 1. The number of hydrogen-bond acceptors (Lipinski definition) is 4. The SMILES string of the molecule is CN(CC(=O)NCCc1cccc(C(=O)O)c1)C(=O)OCc1ccccc1. The Balaban J connectivity index is 1.70. The summed E-state index contributed by atoms with van der Waals surface area (Å²) < 4.78 is 5.15. The molecule has 0 bridgehead atoms. The van der Waals surface area contributed by atoms with Crippen molar-refractivity contribution in [1.82, 2.24) is 10.2 Å². The standard InChI is InChI=1S/C20H22N2O5/c1-22(20(26)27-14-16-6-3-2-4-7-16)13-18(23)21-11-10-15-8-5-9-17(12-15)19(24)25/h2-9,12H,10-11,13-14H2,1H3,(H,21,23)(H,24,25). The lowest BCUT2D eigenvalue weighted by Gasteiger charge is -2.16. The van der Waals surface area contributed by atoms with Crippen LogP contribution in [0.3, 0.4) is 0 Å². The van der Waals surface area contributed by atoms with Gasteiger partial charge in [-0.15, -0.1) is 0 Å². The van der Waals surface area contributed by atoms with Crippen LogP contribution in [0.5, 0.6) is 0 Å². The Bertz CT molecular complexity index is 792. The molecule has 0 fully saturated rings. The molecule has 0 aliphatic heterocycles. The van der Waals surface area contributed by atoms with Crippen molar-refractivity contribution in [3.8, 4) is 0 Å². The van der Waals surface area contributed by atoms with E-state index >= 15 is 0 Å². The molecule has 0 saturated heterocycles.